The molecular formula is C14H12F3NO2. The first-order chi connectivity index (χ1) is 9.34. The Labute approximate surface area is 113 Å². The maximum Gasteiger partial charge on any atom is 0.416 e. The number of benzene rings is 1. The fraction of sp³-hybridized carbons (Fsp3) is 0.286. The van der Waals surface area contributed by atoms with Crippen LogP contribution >= 0.6 is 0 Å². The van der Waals surface area contributed by atoms with E-state index in [2.05, 4.69) is 5.16 Å². The summed E-state index contributed by atoms with van der Waals surface area (Å²) in [5, 5.41) is 3.70. The number of aryl methyl sites for hydroxylation is 1. The van der Waals surface area contributed by atoms with E-state index in [1.54, 1.807) is 13.0 Å². The van der Waals surface area contributed by atoms with E-state index in [0.29, 0.717) is 17.0 Å². The van der Waals surface area contributed by atoms with Gasteiger partial charge in [-0.15, -0.1) is 0 Å². The van der Waals surface area contributed by atoms with Crippen LogP contribution in [0.5, 0.6) is 0 Å². The molecule has 0 radical (unpaired) electrons. The molecule has 0 aliphatic heterocycles. The zero-order valence-corrected chi connectivity index (χ0v) is 10.7. The van der Waals surface area contributed by atoms with Crippen molar-refractivity contribution in [3.63, 3.8) is 0 Å². The highest BCUT2D eigenvalue weighted by Crippen LogP contribution is 2.29. The van der Waals surface area contributed by atoms with Gasteiger partial charge in [-0.3, -0.25) is 4.79 Å². The SMILES string of the molecule is Cc1cc(CC(=O)Cc2ccc(C(F)(F)F)cc2)no1. The first kappa shape index (κ1) is 14.3. The third kappa shape index (κ3) is 3.69. The lowest BCUT2D eigenvalue weighted by Gasteiger charge is -2.07. The van der Waals surface area contributed by atoms with Gasteiger partial charge in [-0.25, -0.2) is 0 Å². The van der Waals surface area contributed by atoms with Crippen molar-refractivity contribution in [3.05, 3.63) is 52.9 Å². The highest BCUT2D eigenvalue weighted by molar-refractivity contribution is 5.82. The molecule has 2 aromatic rings. The normalized spacial score (nSPS) is 11.6. The average Bonchev–Trinajstić information content (AvgIpc) is 2.74. The molecule has 0 bridgehead atoms. The summed E-state index contributed by atoms with van der Waals surface area (Å²) in [6.07, 6.45) is -4.18. The molecule has 0 saturated heterocycles. The Kier molecular flexibility index (Phi) is 3.92. The van der Waals surface area contributed by atoms with Gasteiger partial charge in [0.25, 0.3) is 0 Å². The molecule has 1 aromatic heterocycles. The molecule has 6 heteroatoms. The van der Waals surface area contributed by atoms with Crippen LogP contribution in [0.3, 0.4) is 0 Å². The monoisotopic (exact) mass is 283 g/mol. The van der Waals surface area contributed by atoms with Crippen LogP contribution in [0.1, 0.15) is 22.6 Å². The number of halogens is 3. The van der Waals surface area contributed by atoms with E-state index >= 15 is 0 Å². The van der Waals surface area contributed by atoms with Crippen molar-refractivity contribution in [2.45, 2.75) is 25.9 Å². The van der Waals surface area contributed by atoms with Gasteiger partial charge in [-0.2, -0.15) is 13.2 Å². The van der Waals surface area contributed by atoms with E-state index in [9.17, 15) is 18.0 Å². The maximum atomic E-state index is 12.4. The van der Waals surface area contributed by atoms with Crippen LogP contribution in [0.25, 0.3) is 0 Å². The fourth-order valence-corrected chi connectivity index (χ4v) is 1.81. The average molecular weight is 283 g/mol. The Hall–Kier alpha value is -2.11. The van der Waals surface area contributed by atoms with Gasteiger partial charge in [-0.1, -0.05) is 17.3 Å². The summed E-state index contributed by atoms with van der Waals surface area (Å²) in [5.41, 5.74) is 0.350. The summed E-state index contributed by atoms with van der Waals surface area (Å²) in [5.74, 6) is 0.486. The number of aromatic nitrogens is 1. The minimum Gasteiger partial charge on any atom is -0.361 e. The molecule has 1 heterocycles. The van der Waals surface area contributed by atoms with E-state index in [1.807, 2.05) is 0 Å². The largest absolute Gasteiger partial charge is 0.416 e. The molecule has 0 N–H and O–H groups in total. The van der Waals surface area contributed by atoms with E-state index in [4.69, 9.17) is 4.52 Å². The second kappa shape index (κ2) is 5.48. The van der Waals surface area contributed by atoms with Crippen molar-refractivity contribution in [2.24, 2.45) is 0 Å². The Bertz CT molecular complexity index is 600. The quantitative estimate of drug-likeness (QED) is 0.864. The van der Waals surface area contributed by atoms with Crippen LogP contribution in [0.15, 0.2) is 34.9 Å². The number of hydrogen-bond donors (Lipinski definition) is 0. The van der Waals surface area contributed by atoms with Gasteiger partial charge in [0, 0.05) is 12.5 Å². The number of Topliss-reactive ketones (excluding diaryl/α,β-unsaturated/α-hetero) is 1. The van der Waals surface area contributed by atoms with Gasteiger partial charge in [0.05, 0.1) is 17.7 Å². The molecular weight excluding hydrogens is 271 g/mol. The summed E-state index contributed by atoms with van der Waals surface area (Å²) in [6.45, 7) is 1.72. The van der Waals surface area contributed by atoms with Gasteiger partial charge in [0.2, 0.25) is 0 Å². The number of hydrogen-bond acceptors (Lipinski definition) is 3. The molecule has 0 saturated carbocycles. The number of rotatable bonds is 4. The summed E-state index contributed by atoms with van der Waals surface area (Å²) >= 11 is 0. The first-order valence-corrected chi connectivity index (χ1v) is 5.94. The van der Waals surface area contributed by atoms with Gasteiger partial charge < -0.3 is 4.52 Å². The molecule has 0 fully saturated rings. The molecule has 106 valence electrons. The minimum atomic E-state index is -4.36. The van der Waals surface area contributed by atoms with Gasteiger partial charge >= 0.3 is 6.18 Å². The van der Waals surface area contributed by atoms with Crippen molar-refractivity contribution >= 4 is 5.78 Å². The van der Waals surface area contributed by atoms with E-state index in [0.717, 1.165) is 12.1 Å². The number of nitrogens with zero attached hydrogens (tertiary/aromatic N) is 1. The Morgan fingerprint density at radius 1 is 1.20 bits per heavy atom. The van der Waals surface area contributed by atoms with Crippen LogP contribution in [0.2, 0.25) is 0 Å². The number of carbonyl (C=O) groups excluding carboxylic acids is 1. The summed E-state index contributed by atoms with van der Waals surface area (Å²) in [6, 6.07) is 6.24. The fourth-order valence-electron chi connectivity index (χ4n) is 1.81. The van der Waals surface area contributed by atoms with Crippen molar-refractivity contribution in [2.75, 3.05) is 0 Å². The predicted molar refractivity (Wildman–Crippen MR) is 65.1 cm³/mol. The van der Waals surface area contributed by atoms with Gasteiger partial charge in [0.15, 0.2) is 0 Å². The number of alkyl halides is 3. The van der Waals surface area contributed by atoms with E-state index in [-0.39, 0.29) is 18.6 Å². The van der Waals surface area contributed by atoms with Crippen molar-refractivity contribution in [1.29, 1.82) is 0 Å². The lowest BCUT2D eigenvalue weighted by molar-refractivity contribution is -0.137. The third-order valence-corrected chi connectivity index (χ3v) is 2.74. The Morgan fingerprint density at radius 3 is 2.35 bits per heavy atom. The molecule has 0 atom stereocenters. The molecule has 20 heavy (non-hydrogen) atoms. The van der Waals surface area contributed by atoms with E-state index < -0.39 is 11.7 Å². The van der Waals surface area contributed by atoms with Crippen molar-refractivity contribution in [1.82, 2.24) is 5.16 Å². The second-order valence-corrected chi connectivity index (χ2v) is 4.52. The topological polar surface area (TPSA) is 43.1 Å². The summed E-state index contributed by atoms with van der Waals surface area (Å²) in [7, 11) is 0. The molecule has 0 spiro atoms. The molecule has 0 aliphatic carbocycles. The number of carbonyl (C=O) groups is 1. The van der Waals surface area contributed by atoms with Crippen molar-refractivity contribution in [3.8, 4) is 0 Å². The second-order valence-electron chi connectivity index (χ2n) is 4.52. The Morgan fingerprint density at radius 2 is 1.85 bits per heavy atom. The zero-order chi connectivity index (χ0) is 14.8. The predicted octanol–water partition coefficient (Wildman–Crippen LogP) is 3.36. The molecule has 3 nitrogen and oxygen atoms in total. The van der Waals surface area contributed by atoms with Crippen LogP contribution in [-0.4, -0.2) is 10.9 Å². The lowest BCUT2D eigenvalue weighted by Crippen LogP contribution is -2.08. The number of ketones is 1. The standard InChI is InChI=1S/C14H12F3NO2/c1-9-6-12(18-20-9)8-13(19)7-10-2-4-11(5-3-10)14(15,16)17/h2-6H,7-8H2,1H3. The zero-order valence-electron chi connectivity index (χ0n) is 10.7. The summed E-state index contributed by atoms with van der Waals surface area (Å²) < 4.78 is 42.0. The van der Waals surface area contributed by atoms with Crippen LogP contribution < -0.4 is 0 Å². The lowest BCUT2D eigenvalue weighted by atomic mass is 10.0. The molecule has 1 aromatic carbocycles. The van der Waals surface area contributed by atoms with Gasteiger partial charge in [-0.05, 0) is 24.6 Å². The maximum absolute atomic E-state index is 12.4. The molecule has 2 rings (SSSR count). The Balaban J connectivity index is 1.98. The minimum absolute atomic E-state index is 0.0735. The van der Waals surface area contributed by atoms with Crippen LogP contribution in [0.4, 0.5) is 13.2 Å². The van der Waals surface area contributed by atoms with Crippen molar-refractivity contribution < 1.29 is 22.5 Å². The van der Waals surface area contributed by atoms with Gasteiger partial charge in [0.1, 0.15) is 11.5 Å². The van der Waals surface area contributed by atoms with E-state index in [1.165, 1.54) is 12.1 Å². The van der Waals surface area contributed by atoms with Crippen LogP contribution in [-0.2, 0) is 23.8 Å². The molecule has 0 unspecified atom stereocenters. The smallest absolute Gasteiger partial charge is 0.361 e. The van der Waals surface area contributed by atoms with Crippen LogP contribution in [0, 0.1) is 6.92 Å². The third-order valence-electron chi connectivity index (χ3n) is 2.74. The summed E-state index contributed by atoms with van der Waals surface area (Å²) in [4.78, 5) is 11.8. The molecule has 0 amide bonds. The highest BCUT2D eigenvalue weighted by atomic mass is 19.4. The first-order valence-electron chi connectivity index (χ1n) is 5.94. The molecule has 0 aliphatic rings. The highest BCUT2D eigenvalue weighted by Gasteiger charge is 2.29.